The lowest BCUT2D eigenvalue weighted by molar-refractivity contribution is -0.145. The molecule has 0 aromatic heterocycles. The summed E-state index contributed by atoms with van der Waals surface area (Å²) in [5.41, 5.74) is 0. The molecule has 19 heavy (non-hydrogen) atoms. The molecule has 0 aromatic carbocycles. The standard InChI is InChI=1S/C16H30O3/c1-4-6-14-7-5-8-15(13(2)11-14)12-19-16(18-3)9-10-17/h10,13-16H,4-9,11-12H2,1-3H3. The Balaban J connectivity index is 2.38. The molecular weight excluding hydrogens is 240 g/mol. The van der Waals surface area contributed by atoms with Gasteiger partial charge >= 0.3 is 0 Å². The minimum atomic E-state index is -0.362. The van der Waals surface area contributed by atoms with Crippen LogP contribution in [0.5, 0.6) is 0 Å². The van der Waals surface area contributed by atoms with E-state index in [2.05, 4.69) is 13.8 Å². The average Bonchev–Trinajstić information content (AvgIpc) is 2.57. The van der Waals surface area contributed by atoms with E-state index in [4.69, 9.17) is 9.47 Å². The van der Waals surface area contributed by atoms with Crippen LogP contribution in [-0.2, 0) is 14.3 Å². The first-order valence-electron chi connectivity index (χ1n) is 7.79. The van der Waals surface area contributed by atoms with Crippen molar-refractivity contribution in [2.24, 2.45) is 17.8 Å². The number of ether oxygens (including phenoxy) is 2. The minimum absolute atomic E-state index is 0.329. The van der Waals surface area contributed by atoms with Crippen LogP contribution < -0.4 is 0 Å². The van der Waals surface area contributed by atoms with Gasteiger partial charge in [-0.25, -0.2) is 0 Å². The monoisotopic (exact) mass is 270 g/mol. The normalized spacial score (nSPS) is 29.7. The Morgan fingerprint density at radius 2 is 2.16 bits per heavy atom. The van der Waals surface area contributed by atoms with E-state index in [1.165, 1.54) is 38.5 Å². The van der Waals surface area contributed by atoms with Gasteiger partial charge in [-0.15, -0.1) is 0 Å². The van der Waals surface area contributed by atoms with E-state index in [1.807, 2.05) is 0 Å². The molecule has 4 atom stereocenters. The number of methoxy groups -OCH3 is 1. The molecule has 3 heteroatoms. The van der Waals surface area contributed by atoms with Crippen LogP contribution >= 0.6 is 0 Å². The molecule has 0 aliphatic heterocycles. The Morgan fingerprint density at radius 3 is 2.79 bits per heavy atom. The molecule has 1 fully saturated rings. The molecule has 0 radical (unpaired) electrons. The Kier molecular flexibility index (Phi) is 8.31. The van der Waals surface area contributed by atoms with Gasteiger partial charge in [-0.1, -0.05) is 39.5 Å². The summed E-state index contributed by atoms with van der Waals surface area (Å²) in [6.07, 6.45) is 8.75. The summed E-state index contributed by atoms with van der Waals surface area (Å²) in [6, 6.07) is 0. The van der Waals surface area contributed by atoms with Gasteiger partial charge in [-0.2, -0.15) is 0 Å². The van der Waals surface area contributed by atoms with Crippen LogP contribution in [0.4, 0.5) is 0 Å². The maximum Gasteiger partial charge on any atom is 0.163 e. The zero-order chi connectivity index (χ0) is 14.1. The first-order valence-corrected chi connectivity index (χ1v) is 7.79. The van der Waals surface area contributed by atoms with Crippen LogP contribution in [0.25, 0.3) is 0 Å². The summed E-state index contributed by atoms with van der Waals surface area (Å²) >= 11 is 0. The van der Waals surface area contributed by atoms with Crippen LogP contribution in [0.1, 0.15) is 58.8 Å². The predicted molar refractivity (Wildman–Crippen MR) is 77.0 cm³/mol. The first-order chi connectivity index (χ1) is 9.21. The maximum atomic E-state index is 10.5. The van der Waals surface area contributed by atoms with E-state index in [1.54, 1.807) is 7.11 Å². The van der Waals surface area contributed by atoms with Gasteiger partial charge in [0.05, 0.1) is 13.0 Å². The zero-order valence-electron chi connectivity index (χ0n) is 12.8. The lowest BCUT2D eigenvalue weighted by atomic mass is 9.86. The lowest BCUT2D eigenvalue weighted by Crippen LogP contribution is -2.24. The van der Waals surface area contributed by atoms with Gasteiger partial charge in [0.25, 0.3) is 0 Å². The summed E-state index contributed by atoms with van der Waals surface area (Å²) in [5.74, 6) is 2.23. The van der Waals surface area contributed by atoms with Gasteiger partial charge in [0.2, 0.25) is 0 Å². The molecular formula is C16H30O3. The molecule has 1 saturated carbocycles. The third-order valence-corrected chi connectivity index (χ3v) is 4.44. The van der Waals surface area contributed by atoms with Crippen molar-refractivity contribution in [2.45, 2.75) is 65.1 Å². The SMILES string of the molecule is CCCC1CCCC(COC(CC=O)OC)C(C)C1. The molecule has 0 N–H and O–H groups in total. The number of carbonyl (C=O) groups excluding carboxylic acids is 1. The summed E-state index contributed by atoms with van der Waals surface area (Å²) in [5, 5.41) is 0. The van der Waals surface area contributed by atoms with Crippen LogP contribution in [-0.4, -0.2) is 26.3 Å². The predicted octanol–water partition coefficient (Wildman–Crippen LogP) is 3.81. The lowest BCUT2D eigenvalue weighted by Gasteiger charge is -2.25. The van der Waals surface area contributed by atoms with Gasteiger partial charge in [-0.3, -0.25) is 0 Å². The fourth-order valence-corrected chi connectivity index (χ4v) is 3.25. The van der Waals surface area contributed by atoms with E-state index in [-0.39, 0.29) is 6.29 Å². The summed E-state index contributed by atoms with van der Waals surface area (Å²) in [6.45, 7) is 5.36. The number of rotatable bonds is 8. The highest BCUT2D eigenvalue weighted by Crippen LogP contribution is 2.34. The largest absolute Gasteiger partial charge is 0.355 e. The van der Waals surface area contributed by atoms with Gasteiger partial charge in [0.15, 0.2) is 6.29 Å². The zero-order valence-corrected chi connectivity index (χ0v) is 12.8. The molecule has 1 rings (SSSR count). The van der Waals surface area contributed by atoms with Crippen molar-refractivity contribution in [1.29, 1.82) is 0 Å². The number of carbonyl (C=O) groups is 1. The topological polar surface area (TPSA) is 35.5 Å². The fourth-order valence-electron chi connectivity index (χ4n) is 3.25. The van der Waals surface area contributed by atoms with Crippen LogP contribution in [0.15, 0.2) is 0 Å². The van der Waals surface area contributed by atoms with Gasteiger partial charge < -0.3 is 14.3 Å². The van der Waals surface area contributed by atoms with Gasteiger partial charge in [0.1, 0.15) is 6.29 Å². The van der Waals surface area contributed by atoms with E-state index in [0.29, 0.717) is 18.3 Å². The number of aldehydes is 1. The highest BCUT2D eigenvalue weighted by atomic mass is 16.7. The summed E-state index contributed by atoms with van der Waals surface area (Å²) < 4.78 is 10.9. The minimum Gasteiger partial charge on any atom is -0.355 e. The molecule has 0 saturated heterocycles. The van der Waals surface area contributed by atoms with Gasteiger partial charge in [0, 0.05) is 7.11 Å². The Bertz CT molecular complexity index is 242. The number of hydrogen-bond acceptors (Lipinski definition) is 3. The third kappa shape index (κ3) is 6.05. The molecule has 0 spiro atoms. The molecule has 0 aromatic rings. The Labute approximate surface area is 118 Å². The van der Waals surface area contributed by atoms with Crippen molar-refractivity contribution >= 4 is 6.29 Å². The summed E-state index contributed by atoms with van der Waals surface area (Å²) in [4.78, 5) is 10.5. The molecule has 1 aliphatic rings. The fraction of sp³-hybridized carbons (Fsp3) is 0.938. The highest BCUT2D eigenvalue weighted by molar-refractivity contribution is 5.49. The van der Waals surface area contributed by atoms with Crippen molar-refractivity contribution in [1.82, 2.24) is 0 Å². The Morgan fingerprint density at radius 1 is 1.37 bits per heavy atom. The molecule has 0 amide bonds. The maximum absolute atomic E-state index is 10.5. The smallest absolute Gasteiger partial charge is 0.163 e. The van der Waals surface area contributed by atoms with E-state index in [9.17, 15) is 4.79 Å². The second-order valence-electron chi connectivity index (χ2n) is 5.96. The molecule has 0 bridgehead atoms. The van der Waals surface area contributed by atoms with Crippen LogP contribution in [0, 0.1) is 17.8 Å². The highest BCUT2D eigenvalue weighted by Gasteiger charge is 2.25. The molecule has 112 valence electrons. The third-order valence-electron chi connectivity index (χ3n) is 4.44. The Hall–Kier alpha value is -0.410. The van der Waals surface area contributed by atoms with Crippen molar-refractivity contribution < 1.29 is 14.3 Å². The second-order valence-corrected chi connectivity index (χ2v) is 5.96. The van der Waals surface area contributed by atoms with Crippen molar-refractivity contribution in [3.8, 4) is 0 Å². The quantitative estimate of drug-likeness (QED) is 0.382. The van der Waals surface area contributed by atoms with E-state index in [0.717, 1.165) is 18.8 Å². The average molecular weight is 270 g/mol. The molecule has 4 unspecified atom stereocenters. The second kappa shape index (κ2) is 9.49. The van der Waals surface area contributed by atoms with E-state index < -0.39 is 0 Å². The van der Waals surface area contributed by atoms with Crippen molar-refractivity contribution in [3.05, 3.63) is 0 Å². The van der Waals surface area contributed by atoms with E-state index >= 15 is 0 Å². The van der Waals surface area contributed by atoms with Gasteiger partial charge in [-0.05, 0) is 30.6 Å². The molecule has 1 aliphatic carbocycles. The van der Waals surface area contributed by atoms with Crippen LogP contribution in [0.2, 0.25) is 0 Å². The van der Waals surface area contributed by atoms with Crippen molar-refractivity contribution in [2.75, 3.05) is 13.7 Å². The molecule has 0 heterocycles. The number of hydrogen-bond donors (Lipinski definition) is 0. The van der Waals surface area contributed by atoms with Crippen LogP contribution in [0.3, 0.4) is 0 Å². The summed E-state index contributed by atoms with van der Waals surface area (Å²) in [7, 11) is 1.60. The molecule has 3 nitrogen and oxygen atoms in total. The first kappa shape index (κ1) is 16.6. The van der Waals surface area contributed by atoms with Crippen molar-refractivity contribution in [3.63, 3.8) is 0 Å².